The molecule has 66 heavy (non-hydrogen) atoms. The van der Waals surface area contributed by atoms with Crippen LogP contribution >= 0.6 is 0 Å². The fourth-order valence-electron chi connectivity index (χ4n) is 10.0. The van der Waals surface area contributed by atoms with Gasteiger partial charge >= 0.3 is 6.09 Å². The topological polar surface area (TPSA) is 163 Å². The standard InChI is InChI=1S/C50H60FN7O7S/c1-31-12-10-11-22-49(31,7)66(62,63)58-25-21-37-39(27-52-45(60)43(37)58)34-15-18-42-38(26-34)44(50(30-59,64-36-16-17-36)40-13-8-9-14-41(40)51)54-46(53-42)55-23-19-35(20-24-55)56-28-33(3)57(29-32(56)2)47(61)65-48(4,5)6/h8-15,18,21,25-27,32-33,35-36,59H,16-17,19-20,22-24,28-30H2,1-7H3,(H,52,60)/t32-,33+,49?,50?/m0/s1. The van der Waals surface area contributed by atoms with E-state index in [1.165, 1.54) is 12.3 Å². The monoisotopic (exact) mass is 921 g/mol. The van der Waals surface area contributed by atoms with Gasteiger partial charge in [0.1, 0.15) is 21.7 Å². The minimum atomic E-state index is -4.11. The van der Waals surface area contributed by atoms with E-state index in [1.54, 1.807) is 50.4 Å². The van der Waals surface area contributed by atoms with Crippen molar-refractivity contribution in [1.29, 1.82) is 0 Å². The quantitative estimate of drug-likeness (QED) is 0.142. The van der Waals surface area contributed by atoms with Crippen LogP contribution < -0.4 is 10.5 Å². The number of pyridine rings is 1. The highest BCUT2D eigenvalue weighted by Crippen LogP contribution is 2.45. The van der Waals surface area contributed by atoms with Gasteiger partial charge in [-0.3, -0.25) is 9.69 Å². The van der Waals surface area contributed by atoms with Gasteiger partial charge in [0.2, 0.25) is 16.0 Å². The molecule has 0 bridgehead atoms. The van der Waals surface area contributed by atoms with Gasteiger partial charge in [0, 0.05) is 78.6 Å². The zero-order chi connectivity index (χ0) is 46.9. The third-order valence-electron chi connectivity index (χ3n) is 14.0. The Morgan fingerprint density at radius 2 is 1.74 bits per heavy atom. The molecule has 5 heterocycles. The molecule has 2 N–H and O–H groups in total. The van der Waals surface area contributed by atoms with Crippen molar-refractivity contribution in [3.63, 3.8) is 0 Å². The Kier molecular flexibility index (Phi) is 11.8. The fraction of sp³-hybridized carbons (Fsp3) is 0.480. The lowest BCUT2D eigenvalue weighted by molar-refractivity contribution is -0.0691. The Morgan fingerprint density at radius 1 is 1.00 bits per heavy atom. The van der Waals surface area contributed by atoms with Crippen LogP contribution in [0.4, 0.5) is 15.1 Å². The number of ether oxygens (including phenoxy) is 2. The summed E-state index contributed by atoms with van der Waals surface area (Å²) in [6.45, 7) is 15.3. The number of aliphatic hydroxyl groups excluding tert-OH is 1. The number of piperazine rings is 1. The molecular weight excluding hydrogens is 862 g/mol. The molecule has 9 rings (SSSR count). The summed E-state index contributed by atoms with van der Waals surface area (Å²) in [5, 5.41) is 12.5. The van der Waals surface area contributed by atoms with Crippen molar-refractivity contribution in [1.82, 2.24) is 28.7 Å². The van der Waals surface area contributed by atoms with Gasteiger partial charge in [0.05, 0.1) is 23.9 Å². The van der Waals surface area contributed by atoms with Crippen LogP contribution in [-0.2, 0) is 25.1 Å². The number of piperidine rings is 1. The number of hydrogen-bond acceptors (Lipinski definition) is 11. The predicted molar refractivity (Wildman–Crippen MR) is 254 cm³/mol. The number of allylic oxidation sites excluding steroid dienone is 3. The first-order valence-electron chi connectivity index (χ1n) is 23.0. The molecule has 2 saturated heterocycles. The summed E-state index contributed by atoms with van der Waals surface area (Å²) < 4.78 is 57.3. The fourth-order valence-corrected chi connectivity index (χ4v) is 11.9. The summed E-state index contributed by atoms with van der Waals surface area (Å²) >= 11 is 0. The number of halogens is 1. The maximum atomic E-state index is 16.2. The van der Waals surface area contributed by atoms with Crippen LogP contribution in [0.25, 0.3) is 32.9 Å². The number of aromatic amines is 1. The number of rotatable bonds is 10. The van der Waals surface area contributed by atoms with Crippen molar-refractivity contribution in [2.24, 2.45) is 0 Å². The van der Waals surface area contributed by atoms with Crippen LogP contribution in [-0.4, -0.2) is 116 Å². The van der Waals surface area contributed by atoms with Gasteiger partial charge in [-0.1, -0.05) is 48.1 Å². The number of hydrogen-bond donors (Lipinski definition) is 2. The SMILES string of the molecule is CC1=CC=CCC1(C)S(=O)(=O)n1ccc2c(-c3ccc4nc(N5CCC(N6C[C@@H](C)N(C(=O)OC(C)(C)C)C[C@@H]6C)CC5)nc(C(CO)(OC5CC5)c5ccccc5F)c4c3)c[nH]c(=O)c21. The lowest BCUT2D eigenvalue weighted by Crippen LogP contribution is -2.62. The van der Waals surface area contributed by atoms with E-state index in [2.05, 4.69) is 28.6 Å². The van der Waals surface area contributed by atoms with Crippen LogP contribution in [0.2, 0.25) is 0 Å². The number of carbonyl (C=O) groups excluding carboxylic acids is 1. The molecule has 14 nitrogen and oxygen atoms in total. The number of benzene rings is 2. The lowest BCUT2D eigenvalue weighted by atomic mass is 9.87. The number of nitrogens with one attached hydrogen (secondary N) is 1. The van der Waals surface area contributed by atoms with Gasteiger partial charge in [-0.15, -0.1) is 0 Å². The van der Waals surface area contributed by atoms with Crippen molar-refractivity contribution < 1.29 is 32.2 Å². The third kappa shape index (κ3) is 8.02. The zero-order valence-corrected chi connectivity index (χ0v) is 39.6. The number of aromatic nitrogens is 4. The molecule has 0 spiro atoms. The van der Waals surface area contributed by atoms with Crippen LogP contribution in [0.3, 0.4) is 0 Å². The number of carbonyl (C=O) groups is 1. The summed E-state index contributed by atoms with van der Waals surface area (Å²) in [6.07, 6.45) is 11.3. The Hall–Kier alpha value is -5.42. The van der Waals surface area contributed by atoms with Crippen LogP contribution in [0, 0.1) is 5.82 Å². The molecule has 1 saturated carbocycles. The number of nitrogens with zero attached hydrogens (tertiary/aromatic N) is 6. The van der Waals surface area contributed by atoms with Gasteiger partial charge in [0.25, 0.3) is 5.56 Å². The average molecular weight is 922 g/mol. The normalized spacial score (nSPS) is 23.3. The molecule has 2 aromatic carbocycles. The first-order chi connectivity index (χ1) is 31.3. The van der Waals surface area contributed by atoms with Gasteiger partial charge in [-0.2, -0.15) is 0 Å². The molecule has 3 fully saturated rings. The predicted octanol–water partition coefficient (Wildman–Crippen LogP) is 7.64. The van der Waals surface area contributed by atoms with Gasteiger partial charge in [0.15, 0.2) is 5.60 Å². The second-order valence-electron chi connectivity index (χ2n) is 19.8. The Balaban J connectivity index is 1.10. The smallest absolute Gasteiger partial charge is 0.410 e. The van der Waals surface area contributed by atoms with Gasteiger partial charge in [-0.25, -0.2) is 31.5 Å². The molecule has 4 aliphatic rings. The van der Waals surface area contributed by atoms with Gasteiger partial charge in [-0.05, 0) is 110 Å². The minimum Gasteiger partial charge on any atom is -0.444 e. The number of aliphatic hydroxyl groups is 1. The zero-order valence-electron chi connectivity index (χ0n) is 38.8. The van der Waals surface area contributed by atoms with E-state index in [0.717, 1.165) is 36.2 Å². The molecule has 2 unspecified atom stereocenters. The van der Waals surface area contributed by atoms with E-state index in [0.29, 0.717) is 64.3 Å². The Morgan fingerprint density at radius 3 is 2.42 bits per heavy atom. The number of H-pyrrole nitrogens is 1. The largest absolute Gasteiger partial charge is 0.444 e. The second kappa shape index (κ2) is 17.0. The number of anilines is 1. The highest BCUT2D eigenvalue weighted by molar-refractivity contribution is 7.91. The van der Waals surface area contributed by atoms with Crippen molar-refractivity contribution in [3.8, 4) is 11.1 Å². The summed E-state index contributed by atoms with van der Waals surface area (Å²) in [7, 11) is -4.11. The summed E-state index contributed by atoms with van der Waals surface area (Å²) in [5.41, 5.74) is -0.0379. The third-order valence-corrected chi connectivity index (χ3v) is 16.5. The molecule has 16 heteroatoms. The van der Waals surface area contributed by atoms with E-state index in [1.807, 2.05) is 56.0 Å². The molecule has 4 atom stereocenters. The summed E-state index contributed by atoms with van der Waals surface area (Å²) in [6, 6.07) is 13.8. The first kappa shape index (κ1) is 45.7. The minimum absolute atomic E-state index is 0.00620. The lowest BCUT2D eigenvalue weighted by Gasteiger charge is -2.49. The highest BCUT2D eigenvalue weighted by atomic mass is 32.2. The maximum absolute atomic E-state index is 16.2. The van der Waals surface area contributed by atoms with E-state index in [-0.39, 0.29) is 47.8 Å². The summed E-state index contributed by atoms with van der Waals surface area (Å²) in [4.78, 5) is 46.3. The molecule has 2 aliphatic heterocycles. The maximum Gasteiger partial charge on any atom is 0.410 e. The van der Waals surface area contributed by atoms with Crippen LogP contribution in [0.1, 0.15) is 91.8 Å². The van der Waals surface area contributed by atoms with Gasteiger partial charge < -0.3 is 29.4 Å². The van der Waals surface area contributed by atoms with Crippen molar-refractivity contribution >= 4 is 43.9 Å². The second-order valence-corrected chi connectivity index (χ2v) is 22.0. The molecule has 5 aromatic rings. The van der Waals surface area contributed by atoms with E-state index < -0.39 is 44.0 Å². The number of amides is 1. The van der Waals surface area contributed by atoms with Crippen LogP contribution in [0.15, 0.2) is 89.5 Å². The Bertz CT molecular complexity index is 2930. The molecular formula is C50H60FN7O7S. The van der Waals surface area contributed by atoms with Crippen molar-refractivity contribution in [2.75, 3.05) is 37.7 Å². The molecule has 350 valence electrons. The Labute approximate surface area is 385 Å². The van der Waals surface area contributed by atoms with Crippen molar-refractivity contribution in [3.05, 3.63) is 112 Å². The van der Waals surface area contributed by atoms with Crippen LogP contribution in [0.5, 0.6) is 0 Å². The molecule has 0 radical (unpaired) electrons. The molecule has 3 aromatic heterocycles. The average Bonchev–Trinajstić information content (AvgIpc) is 3.99. The summed E-state index contributed by atoms with van der Waals surface area (Å²) in [5.74, 6) is -0.123. The van der Waals surface area contributed by atoms with E-state index in [9.17, 15) is 23.1 Å². The van der Waals surface area contributed by atoms with E-state index >= 15 is 4.39 Å². The first-order valence-corrected chi connectivity index (χ1v) is 24.5. The number of fused-ring (bicyclic) bond motifs is 2. The van der Waals surface area contributed by atoms with E-state index in [4.69, 9.17) is 19.4 Å². The highest BCUT2D eigenvalue weighted by Gasteiger charge is 2.47. The van der Waals surface area contributed by atoms with Crippen molar-refractivity contribution in [2.45, 2.75) is 121 Å². The molecule has 2 aliphatic carbocycles. The molecule has 1 amide bonds.